The molecule has 0 radical (unpaired) electrons. The van der Waals surface area contributed by atoms with Crippen molar-refractivity contribution >= 4 is 5.95 Å². The average molecular weight is 376 g/mol. The fourth-order valence-corrected chi connectivity index (χ4v) is 3.51. The second-order valence-electron chi connectivity index (χ2n) is 7.31. The molecule has 4 rings (SSSR count). The third kappa shape index (κ3) is 4.46. The first-order valence-corrected chi connectivity index (χ1v) is 9.55. The number of pyridine rings is 1. The minimum Gasteiger partial charge on any atom is -0.439 e. The summed E-state index contributed by atoms with van der Waals surface area (Å²) in [6, 6.07) is 15.4. The number of piperidine rings is 1. The summed E-state index contributed by atoms with van der Waals surface area (Å²) in [5.74, 6) is 1.93. The van der Waals surface area contributed by atoms with Crippen molar-refractivity contribution < 1.29 is 9.84 Å². The zero-order valence-corrected chi connectivity index (χ0v) is 16.0. The van der Waals surface area contributed by atoms with Crippen LogP contribution in [-0.2, 0) is 6.42 Å². The minimum atomic E-state index is -0.703. The molecule has 0 unspecified atom stereocenters. The maximum absolute atomic E-state index is 11.0. The topological polar surface area (TPSA) is 71.4 Å². The smallest absolute Gasteiger partial charge is 0.228 e. The SMILES string of the molecule is Cc1cc(Oc2ccccc2)nc(N2CCC(O)(Cc3ccncc3)CC2)n1. The molecule has 0 aliphatic carbocycles. The van der Waals surface area contributed by atoms with Gasteiger partial charge < -0.3 is 14.7 Å². The van der Waals surface area contributed by atoms with E-state index >= 15 is 0 Å². The average Bonchev–Trinajstić information content (AvgIpc) is 2.69. The number of rotatable bonds is 5. The molecule has 1 aliphatic rings. The zero-order chi connectivity index (χ0) is 19.4. The third-order valence-electron chi connectivity index (χ3n) is 5.04. The molecule has 6 nitrogen and oxygen atoms in total. The van der Waals surface area contributed by atoms with Crippen molar-refractivity contribution in [3.63, 3.8) is 0 Å². The van der Waals surface area contributed by atoms with Gasteiger partial charge in [-0.25, -0.2) is 4.98 Å². The first kappa shape index (κ1) is 18.4. The largest absolute Gasteiger partial charge is 0.439 e. The maximum Gasteiger partial charge on any atom is 0.228 e. The summed E-state index contributed by atoms with van der Waals surface area (Å²) in [5, 5.41) is 11.0. The van der Waals surface area contributed by atoms with Crippen LogP contribution in [0.15, 0.2) is 60.9 Å². The lowest BCUT2D eigenvalue weighted by atomic mass is 9.85. The van der Waals surface area contributed by atoms with E-state index in [2.05, 4.69) is 19.9 Å². The van der Waals surface area contributed by atoms with Gasteiger partial charge in [0.2, 0.25) is 11.8 Å². The number of hydrogen-bond acceptors (Lipinski definition) is 6. The minimum absolute atomic E-state index is 0.534. The fourth-order valence-electron chi connectivity index (χ4n) is 3.51. The van der Waals surface area contributed by atoms with Gasteiger partial charge in [0, 0.05) is 43.7 Å². The van der Waals surface area contributed by atoms with E-state index < -0.39 is 5.60 Å². The highest BCUT2D eigenvalue weighted by Gasteiger charge is 2.33. The molecule has 1 N–H and O–H groups in total. The van der Waals surface area contributed by atoms with Gasteiger partial charge in [0.05, 0.1) is 5.60 Å². The van der Waals surface area contributed by atoms with Crippen LogP contribution in [0.3, 0.4) is 0 Å². The van der Waals surface area contributed by atoms with Crippen molar-refractivity contribution in [2.45, 2.75) is 31.8 Å². The molecule has 28 heavy (non-hydrogen) atoms. The van der Waals surface area contributed by atoms with Gasteiger partial charge in [0.25, 0.3) is 0 Å². The van der Waals surface area contributed by atoms with Gasteiger partial charge in [-0.15, -0.1) is 0 Å². The van der Waals surface area contributed by atoms with Crippen molar-refractivity contribution in [3.8, 4) is 11.6 Å². The summed E-state index contributed by atoms with van der Waals surface area (Å²) in [6.45, 7) is 3.35. The Morgan fingerprint density at radius 3 is 2.46 bits per heavy atom. The van der Waals surface area contributed by atoms with Crippen molar-refractivity contribution in [2.24, 2.45) is 0 Å². The lowest BCUT2D eigenvalue weighted by Gasteiger charge is -2.38. The van der Waals surface area contributed by atoms with Gasteiger partial charge in [0.1, 0.15) is 5.75 Å². The summed E-state index contributed by atoms with van der Waals surface area (Å²) in [7, 11) is 0. The predicted octanol–water partition coefficient (Wildman–Crippen LogP) is 3.55. The number of anilines is 1. The fraction of sp³-hybridized carbons (Fsp3) is 0.318. The molecule has 0 amide bonds. The quantitative estimate of drug-likeness (QED) is 0.734. The number of ether oxygens (including phenoxy) is 1. The van der Waals surface area contributed by atoms with Crippen LogP contribution < -0.4 is 9.64 Å². The summed E-state index contributed by atoms with van der Waals surface area (Å²) in [6.07, 6.45) is 5.51. The maximum atomic E-state index is 11.0. The second kappa shape index (κ2) is 7.94. The van der Waals surface area contributed by atoms with Crippen LogP contribution >= 0.6 is 0 Å². The number of benzene rings is 1. The predicted molar refractivity (Wildman–Crippen MR) is 108 cm³/mol. The molecule has 144 valence electrons. The molecule has 0 atom stereocenters. The molecule has 0 bridgehead atoms. The number of hydrogen-bond donors (Lipinski definition) is 1. The highest BCUT2D eigenvalue weighted by atomic mass is 16.5. The van der Waals surface area contributed by atoms with E-state index in [1.54, 1.807) is 12.4 Å². The number of aromatic nitrogens is 3. The summed E-state index contributed by atoms with van der Waals surface area (Å²) >= 11 is 0. The molecule has 1 aliphatic heterocycles. The number of aryl methyl sites for hydroxylation is 1. The van der Waals surface area contributed by atoms with Crippen molar-refractivity contribution in [1.29, 1.82) is 0 Å². The Hall–Kier alpha value is -2.99. The zero-order valence-electron chi connectivity index (χ0n) is 16.0. The van der Waals surface area contributed by atoms with E-state index in [4.69, 9.17) is 4.74 Å². The van der Waals surface area contributed by atoms with Gasteiger partial charge >= 0.3 is 0 Å². The van der Waals surface area contributed by atoms with E-state index in [1.807, 2.05) is 55.5 Å². The lowest BCUT2D eigenvalue weighted by Crippen LogP contribution is -2.46. The van der Waals surface area contributed by atoms with E-state index in [0.717, 1.165) is 17.0 Å². The third-order valence-corrected chi connectivity index (χ3v) is 5.04. The van der Waals surface area contributed by atoms with Crippen molar-refractivity contribution in [2.75, 3.05) is 18.0 Å². The Balaban J connectivity index is 1.44. The molecule has 6 heteroatoms. The highest BCUT2D eigenvalue weighted by molar-refractivity contribution is 5.37. The van der Waals surface area contributed by atoms with Crippen LogP contribution in [0.25, 0.3) is 0 Å². The number of aliphatic hydroxyl groups is 1. The van der Waals surface area contributed by atoms with Gasteiger partial charge in [-0.2, -0.15) is 4.98 Å². The van der Waals surface area contributed by atoms with Gasteiger partial charge in [-0.1, -0.05) is 18.2 Å². The van der Waals surface area contributed by atoms with Crippen LogP contribution in [-0.4, -0.2) is 38.7 Å². The molecule has 3 heterocycles. The molecule has 1 saturated heterocycles. The van der Waals surface area contributed by atoms with Gasteiger partial charge in [-0.3, -0.25) is 4.98 Å². The summed E-state index contributed by atoms with van der Waals surface area (Å²) in [4.78, 5) is 15.3. The Morgan fingerprint density at radius 1 is 1.04 bits per heavy atom. The molecule has 1 aromatic carbocycles. The van der Waals surface area contributed by atoms with E-state index in [-0.39, 0.29) is 0 Å². The molecule has 2 aromatic heterocycles. The molecule has 1 fully saturated rings. The van der Waals surface area contributed by atoms with Crippen molar-refractivity contribution in [3.05, 3.63) is 72.2 Å². The molecular formula is C22H24N4O2. The molecule has 3 aromatic rings. The number of para-hydroxylation sites is 1. The van der Waals surface area contributed by atoms with Crippen LogP contribution in [0.2, 0.25) is 0 Å². The van der Waals surface area contributed by atoms with Crippen LogP contribution in [0.4, 0.5) is 5.95 Å². The van der Waals surface area contributed by atoms with E-state index in [1.165, 1.54) is 0 Å². The summed E-state index contributed by atoms with van der Waals surface area (Å²) < 4.78 is 5.88. The Labute approximate surface area is 164 Å². The van der Waals surface area contributed by atoms with Crippen LogP contribution in [0.5, 0.6) is 11.6 Å². The summed E-state index contributed by atoms with van der Waals surface area (Å²) in [5.41, 5.74) is 1.26. The van der Waals surface area contributed by atoms with Gasteiger partial charge in [0.15, 0.2) is 0 Å². The Bertz CT molecular complexity index is 910. The molecule has 0 saturated carbocycles. The Morgan fingerprint density at radius 2 is 1.75 bits per heavy atom. The number of nitrogens with zero attached hydrogens (tertiary/aromatic N) is 4. The van der Waals surface area contributed by atoms with E-state index in [9.17, 15) is 5.11 Å². The lowest BCUT2D eigenvalue weighted by molar-refractivity contribution is 0.0163. The first-order chi connectivity index (χ1) is 13.6. The monoisotopic (exact) mass is 376 g/mol. The highest BCUT2D eigenvalue weighted by Crippen LogP contribution is 2.29. The van der Waals surface area contributed by atoms with Crippen LogP contribution in [0.1, 0.15) is 24.1 Å². The second-order valence-corrected chi connectivity index (χ2v) is 7.31. The molecular weight excluding hydrogens is 352 g/mol. The molecule has 0 spiro atoms. The van der Waals surface area contributed by atoms with Crippen LogP contribution in [0, 0.1) is 6.92 Å². The Kier molecular flexibility index (Phi) is 5.21. The standard InChI is InChI=1S/C22H24N4O2/c1-17-15-20(28-19-5-3-2-4-6-19)25-21(24-17)26-13-9-22(27,10-14-26)16-18-7-11-23-12-8-18/h2-8,11-12,15,27H,9-10,13-14,16H2,1H3. The van der Waals surface area contributed by atoms with Crippen molar-refractivity contribution in [1.82, 2.24) is 15.0 Å². The van der Waals surface area contributed by atoms with E-state index in [0.29, 0.717) is 44.2 Å². The normalized spacial score (nSPS) is 16.0. The van der Waals surface area contributed by atoms with Gasteiger partial charge in [-0.05, 0) is 49.6 Å². The first-order valence-electron chi connectivity index (χ1n) is 9.55.